The molecule has 1 aromatic heterocycles. The van der Waals surface area contributed by atoms with Crippen molar-refractivity contribution in [2.75, 3.05) is 0 Å². The second kappa shape index (κ2) is 4.29. The quantitative estimate of drug-likeness (QED) is 0.769. The van der Waals surface area contributed by atoms with Crippen molar-refractivity contribution in [1.29, 1.82) is 0 Å². The summed E-state index contributed by atoms with van der Waals surface area (Å²) in [5, 5.41) is 0. The molecule has 2 rings (SSSR count). The van der Waals surface area contributed by atoms with E-state index in [1.54, 1.807) is 6.07 Å². The third kappa shape index (κ3) is 2.19. The van der Waals surface area contributed by atoms with Gasteiger partial charge in [-0.15, -0.1) is 11.3 Å². The standard InChI is InChI=1S/C11H9ClFNS/c1-2-9-10(14-11(12)15-9)7-4-3-5-8(13)6-7/h3-6H,2H2,1H3. The van der Waals surface area contributed by atoms with Gasteiger partial charge in [0.1, 0.15) is 5.82 Å². The van der Waals surface area contributed by atoms with Crippen LogP contribution >= 0.6 is 22.9 Å². The molecule has 0 amide bonds. The average molecular weight is 242 g/mol. The fourth-order valence-corrected chi connectivity index (χ4v) is 2.53. The molecule has 0 N–H and O–H groups in total. The van der Waals surface area contributed by atoms with E-state index in [1.165, 1.54) is 23.5 Å². The Balaban J connectivity index is 2.53. The maximum absolute atomic E-state index is 13.0. The van der Waals surface area contributed by atoms with E-state index in [0.717, 1.165) is 22.6 Å². The second-order valence-corrected chi connectivity index (χ2v) is 4.77. The Kier molecular flexibility index (Phi) is 3.03. The van der Waals surface area contributed by atoms with Crippen LogP contribution in [0, 0.1) is 5.82 Å². The normalized spacial score (nSPS) is 10.6. The Morgan fingerprint density at radius 1 is 1.47 bits per heavy atom. The molecule has 0 aliphatic carbocycles. The molecular weight excluding hydrogens is 233 g/mol. The summed E-state index contributed by atoms with van der Waals surface area (Å²) in [6.45, 7) is 2.03. The van der Waals surface area contributed by atoms with E-state index in [1.807, 2.05) is 13.0 Å². The van der Waals surface area contributed by atoms with Crippen LogP contribution in [0.3, 0.4) is 0 Å². The van der Waals surface area contributed by atoms with Gasteiger partial charge in [0.05, 0.1) is 5.69 Å². The van der Waals surface area contributed by atoms with Crippen molar-refractivity contribution in [3.8, 4) is 11.3 Å². The lowest BCUT2D eigenvalue weighted by Crippen LogP contribution is -1.84. The summed E-state index contributed by atoms with van der Waals surface area (Å²) >= 11 is 7.29. The number of thiazole rings is 1. The van der Waals surface area contributed by atoms with E-state index in [9.17, 15) is 4.39 Å². The number of rotatable bonds is 2. The van der Waals surface area contributed by atoms with E-state index in [4.69, 9.17) is 11.6 Å². The maximum Gasteiger partial charge on any atom is 0.184 e. The number of halogens is 2. The largest absolute Gasteiger partial charge is 0.225 e. The lowest BCUT2D eigenvalue weighted by molar-refractivity contribution is 0.628. The highest BCUT2D eigenvalue weighted by atomic mass is 35.5. The van der Waals surface area contributed by atoms with Gasteiger partial charge < -0.3 is 0 Å². The predicted molar refractivity (Wildman–Crippen MR) is 61.9 cm³/mol. The molecule has 1 aromatic carbocycles. The van der Waals surface area contributed by atoms with Gasteiger partial charge in [-0.1, -0.05) is 30.7 Å². The first-order valence-corrected chi connectivity index (χ1v) is 5.81. The molecule has 2 aromatic rings. The van der Waals surface area contributed by atoms with Crippen LogP contribution in [0.1, 0.15) is 11.8 Å². The van der Waals surface area contributed by atoms with Crippen LogP contribution < -0.4 is 0 Å². The zero-order valence-corrected chi connectivity index (χ0v) is 9.70. The van der Waals surface area contributed by atoms with E-state index < -0.39 is 0 Å². The summed E-state index contributed by atoms with van der Waals surface area (Å²) in [5.74, 6) is -0.251. The summed E-state index contributed by atoms with van der Waals surface area (Å²) < 4.78 is 13.5. The van der Waals surface area contributed by atoms with Gasteiger partial charge in [0.2, 0.25) is 0 Å². The molecule has 1 nitrogen and oxygen atoms in total. The number of aromatic nitrogens is 1. The third-order valence-corrected chi connectivity index (χ3v) is 3.39. The highest BCUT2D eigenvalue weighted by Gasteiger charge is 2.10. The minimum atomic E-state index is -0.251. The Hall–Kier alpha value is -0.930. The molecule has 4 heteroatoms. The number of nitrogens with zero attached hydrogens (tertiary/aromatic N) is 1. The van der Waals surface area contributed by atoms with Crippen LogP contribution in [0.4, 0.5) is 4.39 Å². The summed E-state index contributed by atoms with van der Waals surface area (Å²) in [4.78, 5) is 5.30. The molecule has 0 spiro atoms. The van der Waals surface area contributed by atoms with E-state index >= 15 is 0 Å². The summed E-state index contributed by atoms with van der Waals surface area (Å²) in [6, 6.07) is 6.42. The Bertz CT molecular complexity index is 481. The second-order valence-electron chi connectivity index (χ2n) is 3.10. The first kappa shape index (κ1) is 10.6. The van der Waals surface area contributed by atoms with Crippen molar-refractivity contribution in [3.05, 3.63) is 39.4 Å². The minimum Gasteiger partial charge on any atom is -0.225 e. The molecule has 0 aliphatic heterocycles. The van der Waals surface area contributed by atoms with Gasteiger partial charge in [-0.05, 0) is 18.6 Å². The zero-order chi connectivity index (χ0) is 10.8. The maximum atomic E-state index is 13.0. The first-order chi connectivity index (χ1) is 7.20. The van der Waals surface area contributed by atoms with Gasteiger partial charge in [0.15, 0.2) is 4.47 Å². The van der Waals surface area contributed by atoms with Gasteiger partial charge in [0, 0.05) is 10.4 Å². The van der Waals surface area contributed by atoms with Crippen molar-refractivity contribution in [2.24, 2.45) is 0 Å². The zero-order valence-electron chi connectivity index (χ0n) is 8.13. The van der Waals surface area contributed by atoms with Crippen molar-refractivity contribution >= 4 is 22.9 Å². The third-order valence-electron chi connectivity index (χ3n) is 2.09. The molecule has 0 saturated carbocycles. The van der Waals surface area contributed by atoms with Crippen molar-refractivity contribution < 1.29 is 4.39 Å². The topological polar surface area (TPSA) is 12.9 Å². The number of benzene rings is 1. The molecule has 0 radical (unpaired) electrons. The molecule has 0 unspecified atom stereocenters. The number of aryl methyl sites for hydroxylation is 1. The Morgan fingerprint density at radius 2 is 2.27 bits per heavy atom. The predicted octanol–water partition coefficient (Wildman–Crippen LogP) is 4.17. The molecule has 1 heterocycles. The highest BCUT2D eigenvalue weighted by Crippen LogP contribution is 2.31. The van der Waals surface area contributed by atoms with Gasteiger partial charge in [0.25, 0.3) is 0 Å². The molecule has 0 saturated heterocycles. The lowest BCUT2D eigenvalue weighted by Gasteiger charge is -1.99. The van der Waals surface area contributed by atoms with Crippen LogP contribution in [0.5, 0.6) is 0 Å². The van der Waals surface area contributed by atoms with Crippen LogP contribution in [0.25, 0.3) is 11.3 Å². The molecule has 78 valence electrons. The van der Waals surface area contributed by atoms with E-state index in [-0.39, 0.29) is 5.82 Å². The van der Waals surface area contributed by atoms with Crippen molar-refractivity contribution in [2.45, 2.75) is 13.3 Å². The average Bonchev–Trinajstić information content (AvgIpc) is 2.59. The summed E-state index contributed by atoms with van der Waals surface area (Å²) in [7, 11) is 0. The molecule has 0 atom stereocenters. The summed E-state index contributed by atoms with van der Waals surface area (Å²) in [6.07, 6.45) is 0.857. The van der Waals surface area contributed by atoms with Crippen LogP contribution in [0.15, 0.2) is 24.3 Å². The Morgan fingerprint density at radius 3 is 2.93 bits per heavy atom. The first-order valence-electron chi connectivity index (χ1n) is 4.62. The van der Waals surface area contributed by atoms with E-state index in [0.29, 0.717) is 4.47 Å². The van der Waals surface area contributed by atoms with Gasteiger partial charge in [-0.25, -0.2) is 9.37 Å². The highest BCUT2D eigenvalue weighted by molar-refractivity contribution is 7.16. The fourth-order valence-electron chi connectivity index (χ4n) is 1.42. The van der Waals surface area contributed by atoms with Crippen LogP contribution in [-0.4, -0.2) is 4.98 Å². The van der Waals surface area contributed by atoms with Crippen molar-refractivity contribution in [3.63, 3.8) is 0 Å². The van der Waals surface area contributed by atoms with Gasteiger partial charge in [-0.3, -0.25) is 0 Å². The molecule has 0 fully saturated rings. The monoisotopic (exact) mass is 241 g/mol. The van der Waals surface area contributed by atoms with Crippen molar-refractivity contribution in [1.82, 2.24) is 4.98 Å². The minimum absolute atomic E-state index is 0.251. The van der Waals surface area contributed by atoms with Gasteiger partial charge >= 0.3 is 0 Å². The number of hydrogen-bond acceptors (Lipinski definition) is 2. The molecule has 15 heavy (non-hydrogen) atoms. The van der Waals surface area contributed by atoms with Crippen LogP contribution in [-0.2, 0) is 6.42 Å². The molecule has 0 aliphatic rings. The Labute approximate surface area is 96.5 Å². The van der Waals surface area contributed by atoms with Gasteiger partial charge in [-0.2, -0.15) is 0 Å². The SMILES string of the molecule is CCc1sc(Cl)nc1-c1cccc(F)c1. The number of hydrogen-bond donors (Lipinski definition) is 0. The lowest BCUT2D eigenvalue weighted by atomic mass is 10.1. The smallest absolute Gasteiger partial charge is 0.184 e. The van der Waals surface area contributed by atoms with E-state index in [2.05, 4.69) is 4.98 Å². The summed E-state index contributed by atoms with van der Waals surface area (Å²) in [5.41, 5.74) is 1.59. The molecule has 0 bridgehead atoms. The molecular formula is C11H9ClFNS. The fraction of sp³-hybridized carbons (Fsp3) is 0.182. The van der Waals surface area contributed by atoms with Crippen LogP contribution in [0.2, 0.25) is 4.47 Å².